The number of aryl methyl sites for hydroxylation is 1. The topological polar surface area (TPSA) is 133 Å². The van der Waals surface area contributed by atoms with E-state index in [9.17, 15) is 9.13 Å². The molecule has 1 aromatic rings. The lowest BCUT2D eigenvalue weighted by Crippen LogP contribution is -2.17. The lowest BCUT2D eigenvalue weighted by Gasteiger charge is -2.20. The van der Waals surface area contributed by atoms with Crippen LogP contribution in [0.25, 0.3) is 0 Å². The van der Waals surface area contributed by atoms with E-state index in [4.69, 9.17) is 19.6 Å². The van der Waals surface area contributed by atoms with Crippen LogP contribution < -0.4 is 0 Å². The summed E-state index contributed by atoms with van der Waals surface area (Å²) in [5, 5.41) is -2.03. The van der Waals surface area contributed by atoms with E-state index < -0.39 is 27.1 Å². The molecule has 8 nitrogen and oxygen atoms in total. The highest BCUT2D eigenvalue weighted by Gasteiger charge is 2.43. The highest BCUT2D eigenvalue weighted by molar-refractivity contribution is 7.70. The van der Waals surface area contributed by atoms with Gasteiger partial charge in [0.05, 0.1) is 6.33 Å². The Hall–Kier alpha value is -0.490. The second kappa shape index (κ2) is 4.41. The van der Waals surface area contributed by atoms with Gasteiger partial charge in [-0.3, -0.25) is 9.13 Å². The third-order valence-electron chi connectivity index (χ3n) is 2.06. The van der Waals surface area contributed by atoms with Gasteiger partial charge in [0.25, 0.3) is 0 Å². The van der Waals surface area contributed by atoms with Gasteiger partial charge in [-0.1, -0.05) is 0 Å². The van der Waals surface area contributed by atoms with E-state index in [-0.39, 0.29) is 0 Å². The smallest absolute Gasteiger partial charge is 0.333 e. The summed E-state index contributed by atoms with van der Waals surface area (Å²) < 4.78 is 23.2. The van der Waals surface area contributed by atoms with Crippen molar-refractivity contribution >= 4 is 15.2 Å². The molecule has 1 heterocycles. The van der Waals surface area contributed by atoms with Crippen molar-refractivity contribution in [1.82, 2.24) is 9.55 Å². The van der Waals surface area contributed by atoms with E-state index in [0.717, 1.165) is 0 Å². The summed E-state index contributed by atoms with van der Waals surface area (Å²) in [4.78, 5) is 39.2. The van der Waals surface area contributed by atoms with Crippen molar-refractivity contribution < 1.29 is 28.7 Å². The fourth-order valence-electron chi connectivity index (χ4n) is 1.16. The predicted octanol–water partition coefficient (Wildman–Crippen LogP) is -0.127. The van der Waals surface area contributed by atoms with Gasteiger partial charge in [-0.2, -0.15) is 0 Å². The fourth-order valence-corrected chi connectivity index (χ4v) is 3.51. The Kier molecular flexibility index (Phi) is 3.74. The SMILES string of the molecule is Cc1cncn1CC(P(=O)(O)O)P(=O)(O)O. The number of hydrogen-bond donors (Lipinski definition) is 4. The molecule has 10 heteroatoms. The summed E-state index contributed by atoms with van der Waals surface area (Å²) in [6.45, 7) is 1.14. The van der Waals surface area contributed by atoms with Crippen LogP contribution in [0.3, 0.4) is 0 Å². The van der Waals surface area contributed by atoms with Gasteiger partial charge < -0.3 is 24.1 Å². The first kappa shape index (κ1) is 13.6. The molecule has 0 radical (unpaired) electrons. The molecular formula is C6H12N2O6P2. The van der Waals surface area contributed by atoms with Crippen LogP contribution in [-0.2, 0) is 15.7 Å². The number of imidazole rings is 1. The molecule has 0 amide bonds. The Morgan fingerprint density at radius 2 is 1.81 bits per heavy atom. The molecule has 0 unspecified atom stereocenters. The maximum atomic E-state index is 11.0. The molecule has 0 saturated carbocycles. The zero-order valence-corrected chi connectivity index (χ0v) is 10.1. The van der Waals surface area contributed by atoms with Gasteiger partial charge in [0, 0.05) is 18.4 Å². The summed E-state index contributed by atoms with van der Waals surface area (Å²) in [6.07, 6.45) is 2.68. The molecule has 0 bridgehead atoms. The number of aromatic nitrogens is 2. The Balaban J connectivity index is 3.03. The van der Waals surface area contributed by atoms with Crippen molar-refractivity contribution in [3.8, 4) is 0 Å². The lowest BCUT2D eigenvalue weighted by molar-refractivity contribution is 0.331. The highest BCUT2D eigenvalue weighted by Crippen LogP contribution is 2.60. The Morgan fingerprint density at radius 3 is 2.12 bits per heavy atom. The van der Waals surface area contributed by atoms with E-state index in [0.29, 0.717) is 5.69 Å². The van der Waals surface area contributed by atoms with E-state index in [1.54, 1.807) is 6.92 Å². The maximum Gasteiger partial charge on any atom is 0.342 e. The van der Waals surface area contributed by atoms with E-state index in [1.165, 1.54) is 17.1 Å². The number of hydrogen-bond acceptors (Lipinski definition) is 3. The monoisotopic (exact) mass is 270 g/mol. The molecule has 4 N–H and O–H groups in total. The molecule has 92 valence electrons. The standard InChI is InChI=1S/C6H12N2O6P2/c1-5-2-7-4-8(5)3-6(15(9,10)11)16(12,13)14/h2,4,6H,3H2,1H3,(H2,9,10,11)(H2,12,13,14). The molecule has 0 saturated heterocycles. The van der Waals surface area contributed by atoms with Crippen LogP contribution in [0.4, 0.5) is 0 Å². The zero-order chi connectivity index (χ0) is 12.6. The second-order valence-corrected chi connectivity index (χ2v) is 7.36. The average Bonchev–Trinajstić information content (AvgIpc) is 2.42. The van der Waals surface area contributed by atoms with Gasteiger partial charge in [-0.25, -0.2) is 4.98 Å². The molecule has 0 aliphatic rings. The minimum Gasteiger partial charge on any atom is -0.333 e. The molecular weight excluding hydrogens is 258 g/mol. The molecule has 0 atom stereocenters. The summed E-state index contributed by atoms with van der Waals surface area (Å²) >= 11 is 0. The summed E-state index contributed by atoms with van der Waals surface area (Å²) in [6, 6.07) is 0. The third-order valence-corrected chi connectivity index (χ3v) is 5.74. The summed E-state index contributed by atoms with van der Waals surface area (Å²) in [5.41, 5.74) is 0.562. The van der Waals surface area contributed by atoms with Crippen LogP contribution >= 0.6 is 15.2 Å². The van der Waals surface area contributed by atoms with Gasteiger partial charge in [-0.15, -0.1) is 0 Å². The van der Waals surface area contributed by atoms with Gasteiger partial charge >= 0.3 is 15.2 Å². The molecule has 0 aliphatic carbocycles. The predicted molar refractivity (Wildman–Crippen MR) is 54.8 cm³/mol. The van der Waals surface area contributed by atoms with Crippen LogP contribution in [0, 0.1) is 6.92 Å². The fraction of sp³-hybridized carbons (Fsp3) is 0.500. The largest absolute Gasteiger partial charge is 0.342 e. The first-order valence-corrected chi connectivity index (χ1v) is 7.56. The Labute approximate surface area is 91.3 Å². The molecule has 1 aromatic heterocycles. The first-order valence-electron chi connectivity index (χ1n) is 4.19. The van der Waals surface area contributed by atoms with Crippen molar-refractivity contribution in [3.05, 3.63) is 18.2 Å². The van der Waals surface area contributed by atoms with Crippen LogP contribution in [0.1, 0.15) is 5.69 Å². The van der Waals surface area contributed by atoms with Crippen molar-refractivity contribution in [3.63, 3.8) is 0 Å². The van der Waals surface area contributed by atoms with E-state index in [1.807, 2.05) is 0 Å². The van der Waals surface area contributed by atoms with Crippen LogP contribution in [0.5, 0.6) is 0 Å². The van der Waals surface area contributed by atoms with Crippen molar-refractivity contribution in [2.75, 3.05) is 0 Å². The molecule has 0 aliphatic heterocycles. The summed E-state index contributed by atoms with van der Waals surface area (Å²) in [5.74, 6) is 0. The first-order chi connectivity index (χ1) is 7.12. The van der Waals surface area contributed by atoms with Crippen molar-refractivity contribution in [2.24, 2.45) is 0 Å². The lowest BCUT2D eigenvalue weighted by atomic mass is 10.5. The number of nitrogens with zero attached hydrogens (tertiary/aromatic N) is 2. The maximum absolute atomic E-state index is 11.0. The van der Waals surface area contributed by atoms with Crippen LogP contribution in [0.15, 0.2) is 12.5 Å². The van der Waals surface area contributed by atoms with E-state index in [2.05, 4.69) is 4.98 Å². The second-order valence-electron chi connectivity index (χ2n) is 3.35. The Morgan fingerprint density at radius 1 is 1.31 bits per heavy atom. The Bertz CT molecular complexity index is 437. The molecule has 0 aromatic carbocycles. The minimum absolute atomic E-state index is 0.472. The quantitative estimate of drug-likeness (QED) is 0.560. The van der Waals surface area contributed by atoms with E-state index >= 15 is 0 Å². The van der Waals surface area contributed by atoms with Gasteiger partial charge in [0.15, 0.2) is 5.40 Å². The third kappa shape index (κ3) is 3.25. The van der Waals surface area contributed by atoms with Crippen molar-refractivity contribution in [2.45, 2.75) is 18.9 Å². The van der Waals surface area contributed by atoms with Gasteiger partial charge in [0.2, 0.25) is 0 Å². The molecule has 16 heavy (non-hydrogen) atoms. The molecule has 1 rings (SSSR count). The minimum atomic E-state index is -4.87. The van der Waals surface area contributed by atoms with Gasteiger partial charge in [0.1, 0.15) is 0 Å². The summed E-state index contributed by atoms with van der Waals surface area (Å²) in [7, 11) is -9.74. The average molecular weight is 270 g/mol. The normalized spacial score (nSPS) is 13.4. The van der Waals surface area contributed by atoms with Crippen LogP contribution in [-0.4, -0.2) is 34.5 Å². The van der Waals surface area contributed by atoms with Crippen molar-refractivity contribution in [1.29, 1.82) is 0 Å². The highest BCUT2D eigenvalue weighted by atomic mass is 31.2. The van der Waals surface area contributed by atoms with Crippen LogP contribution in [0.2, 0.25) is 0 Å². The molecule has 0 spiro atoms. The molecule has 0 fully saturated rings. The number of rotatable bonds is 4. The van der Waals surface area contributed by atoms with Gasteiger partial charge in [-0.05, 0) is 6.92 Å². The zero-order valence-electron chi connectivity index (χ0n) is 8.33.